The maximum atomic E-state index is 5.20. The maximum absolute atomic E-state index is 5.20. The normalized spacial score (nSPS) is 11.0. The molecule has 6 aromatic carbocycles. The highest BCUT2D eigenvalue weighted by molar-refractivity contribution is 6.05. The summed E-state index contributed by atoms with van der Waals surface area (Å²) in [6, 6.07) is 55.1. The molecule has 0 aliphatic rings. The monoisotopic (exact) mass is 513 g/mol. The van der Waals surface area contributed by atoms with Crippen LogP contribution >= 0.6 is 0 Å². The average molecular weight is 514 g/mol. The minimum Gasteiger partial charge on any atom is -0.308 e. The largest absolute Gasteiger partial charge is 0.308 e. The Bertz CT molecular complexity index is 1860. The zero-order chi connectivity index (χ0) is 26.7. The van der Waals surface area contributed by atoms with E-state index in [-0.39, 0.29) is 0 Å². The Kier molecular flexibility index (Phi) is 6.15. The molecule has 190 valence electrons. The molecule has 0 amide bonds. The Labute approximate surface area is 234 Å². The summed E-state index contributed by atoms with van der Waals surface area (Å²) in [6.07, 6.45) is 2.01. The van der Waals surface area contributed by atoms with Crippen molar-refractivity contribution in [3.05, 3.63) is 164 Å². The highest BCUT2D eigenvalue weighted by atomic mass is 15.2. The number of nitrogens with zero attached hydrogens (tertiary/aromatic N) is 3. The Morgan fingerprint density at radius 3 is 1.50 bits per heavy atom. The molecule has 1 aromatic heterocycles. The highest BCUT2D eigenvalue weighted by Gasteiger charge is 2.21. The fourth-order valence-corrected chi connectivity index (χ4v) is 5.39. The van der Waals surface area contributed by atoms with Crippen LogP contribution in [0.15, 0.2) is 164 Å². The average Bonchev–Trinajstić information content (AvgIpc) is 3.04. The van der Waals surface area contributed by atoms with Gasteiger partial charge in [0.1, 0.15) is 5.82 Å². The minimum absolute atomic E-state index is 0.891. The molecular weight excluding hydrogens is 486 g/mol. The molecule has 0 N–H and O–H groups in total. The molecule has 0 saturated carbocycles. The predicted octanol–water partition coefficient (Wildman–Crippen LogP) is 10.3. The van der Waals surface area contributed by atoms with Crippen molar-refractivity contribution in [1.82, 2.24) is 4.98 Å². The molecule has 0 aliphatic carbocycles. The summed E-state index contributed by atoms with van der Waals surface area (Å²) in [5, 5.41) is 4.62. The summed E-state index contributed by atoms with van der Waals surface area (Å²) >= 11 is 0. The van der Waals surface area contributed by atoms with Crippen LogP contribution in [0.3, 0.4) is 0 Å². The summed E-state index contributed by atoms with van der Waals surface area (Å²) in [4.78, 5) is 9.73. The second-order valence-electron chi connectivity index (χ2n) is 9.72. The van der Waals surface area contributed by atoms with Crippen LogP contribution < -0.4 is 9.80 Å². The van der Waals surface area contributed by atoms with E-state index in [0.717, 1.165) is 45.0 Å². The molecule has 0 radical (unpaired) electrons. The quantitative estimate of drug-likeness (QED) is 0.220. The van der Waals surface area contributed by atoms with Crippen molar-refractivity contribution >= 4 is 55.8 Å². The molecule has 0 unspecified atom stereocenters. The van der Waals surface area contributed by atoms with Gasteiger partial charge in [0.25, 0.3) is 0 Å². The van der Waals surface area contributed by atoms with E-state index in [1.165, 1.54) is 10.8 Å². The van der Waals surface area contributed by atoms with Gasteiger partial charge in [0, 0.05) is 33.5 Å². The molecule has 0 spiro atoms. The molecule has 7 rings (SSSR count). The summed E-state index contributed by atoms with van der Waals surface area (Å²) in [5.74, 6) is 0.891. The number of benzene rings is 6. The number of pyridine rings is 1. The Hall–Kier alpha value is -5.41. The molecule has 3 heteroatoms. The van der Waals surface area contributed by atoms with Crippen LogP contribution in [0.4, 0.5) is 34.3 Å². The van der Waals surface area contributed by atoms with Gasteiger partial charge in [-0.3, -0.25) is 4.90 Å². The molecule has 0 saturated heterocycles. The fourth-order valence-electron chi connectivity index (χ4n) is 5.39. The van der Waals surface area contributed by atoms with E-state index < -0.39 is 0 Å². The van der Waals surface area contributed by atoms with Gasteiger partial charge in [0.15, 0.2) is 0 Å². The zero-order valence-electron chi connectivity index (χ0n) is 21.9. The Balaban J connectivity index is 1.47. The lowest BCUT2D eigenvalue weighted by atomic mass is 10.1. The number of anilines is 6. The number of para-hydroxylation sites is 3. The van der Waals surface area contributed by atoms with Crippen LogP contribution in [-0.4, -0.2) is 4.98 Å². The van der Waals surface area contributed by atoms with E-state index in [1.807, 2.05) is 24.4 Å². The number of hydrogen-bond acceptors (Lipinski definition) is 3. The smallest absolute Gasteiger partial charge is 0.145 e. The number of fused-ring (bicyclic) bond motifs is 2. The van der Waals surface area contributed by atoms with E-state index in [4.69, 9.17) is 4.98 Å². The number of hydrogen-bond donors (Lipinski definition) is 0. The third kappa shape index (κ3) is 4.34. The molecule has 0 atom stereocenters. The maximum Gasteiger partial charge on any atom is 0.145 e. The molecule has 0 fully saturated rings. The first-order valence-electron chi connectivity index (χ1n) is 13.5. The van der Waals surface area contributed by atoms with Crippen molar-refractivity contribution in [2.24, 2.45) is 0 Å². The first-order valence-corrected chi connectivity index (χ1v) is 13.5. The zero-order valence-corrected chi connectivity index (χ0v) is 21.9. The van der Waals surface area contributed by atoms with Gasteiger partial charge in [-0.05, 0) is 59.3 Å². The lowest BCUT2D eigenvalue weighted by molar-refractivity contribution is 1.18. The number of aromatic nitrogens is 1. The first-order chi connectivity index (χ1) is 19.9. The van der Waals surface area contributed by atoms with Crippen molar-refractivity contribution in [3.63, 3.8) is 0 Å². The number of rotatable bonds is 6. The standard InChI is InChI=1S/C37H27N3/c1-4-16-30(17-5-1)39(31-18-6-2-7-19-31)36-27-38-37(35-23-13-12-22-34(35)36)40(32-20-8-3-9-21-32)33-25-24-28-14-10-11-15-29(28)26-33/h1-27H. The van der Waals surface area contributed by atoms with Crippen LogP contribution in [-0.2, 0) is 0 Å². The van der Waals surface area contributed by atoms with Gasteiger partial charge in [0.2, 0.25) is 0 Å². The second kappa shape index (κ2) is 10.4. The van der Waals surface area contributed by atoms with E-state index in [0.29, 0.717) is 0 Å². The van der Waals surface area contributed by atoms with E-state index >= 15 is 0 Å². The van der Waals surface area contributed by atoms with Crippen molar-refractivity contribution in [2.45, 2.75) is 0 Å². The second-order valence-corrected chi connectivity index (χ2v) is 9.72. The van der Waals surface area contributed by atoms with Gasteiger partial charge in [-0.1, -0.05) is 109 Å². The molecule has 3 nitrogen and oxygen atoms in total. The fraction of sp³-hybridized carbons (Fsp3) is 0. The van der Waals surface area contributed by atoms with Crippen molar-refractivity contribution in [3.8, 4) is 0 Å². The van der Waals surface area contributed by atoms with Gasteiger partial charge in [0.05, 0.1) is 11.9 Å². The summed E-state index contributed by atoms with van der Waals surface area (Å²) in [6.45, 7) is 0. The SMILES string of the molecule is c1ccc(N(c2ccccc2)c2cnc(N(c3ccccc3)c3ccc4ccccc4c3)c3ccccc23)cc1. The highest BCUT2D eigenvalue weighted by Crippen LogP contribution is 2.43. The van der Waals surface area contributed by atoms with Crippen LogP contribution in [0, 0.1) is 0 Å². The molecule has 7 aromatic rings. The third-order valence-electron chi connectivity index (χ3n) is 7.24. The Morgan fingerprint density at radius 2 is 0.875 bits per heavy atom. The molecule has 0 bridgehead atoms. The van der Waals surface area contributed by atoms with Crippen LogP contribution in [0.2, 0.25) is 0 Å². The summed E-state index contributed by atoms with van der Waals surface area (Å²) in [5.41, 5.74) is 5.33. The van der Waals surface area contributed by atoms with Crippen molar-refractivity contribution in [1.29, 1.82) is 0 Å². The van der Waals surface area contributed by atoms with Gasteiger partial charge < -0.3 is 4.90 Å². The molecular formula is C37H27N3. The molecule has 40 heavy (non-hydrogen) atoms. The molecule has 0 aliphatic heterocycles. The lowest BCUT2D eigenvalue weighted by Crippen LogP contribution is -2.14. The van der Waals surface area contributed by atoms with Gasteiger partial charge in [-0.25, -0.2) is 4.98 Å². The van der Waals surface area contributed by atoms with Crippen LogP contribution in [0.1, 0.15) is 0 Å². The topological polar surface area (TPSA) is 19.4 Å². The van der Waals surface area contributed by atoms with E-state index in [1.54, 1.807) is 0 Å². The van der Waals surface area contributed by atoms with Gasteiger partial charge >= 0.3 is 0 Å². The summed E-state index contributed by atoms with van der Waals surface area (Å²) in [7, 11) is 0. The molecule has 1 heterocycles. The first kappa shape index (κ1) is 23.7. The van der Waals surface area contributed by atoms with E-state index in [2.05, 4.69) is 149 Å². The van der Waals surface area contributed by atoms with E-state index in [9.17, 15) is 0 Å². The van der Waals surface area contributed by atoms with Crippen LogP contribution in [0.5, 0.6) is 0 Å². The predicted molar refractivity (Wildman–Crippen MR) is 169 cm³/mol. The van der Waals surface area contributed by atoms with Crippen LogP contribution in [0.25, 0.3) is 21.5 Å². The summed E-state index contributed by atoms with van der Waals surface area (Å²) < 4.78 is 0. The van der Waals surface area contributed by atoms with Crippen molar-refractivity contribution < 1.29 is 0 Å². The lowest BCUT2D eigenvalue weighted by Gasteiger charge is -2.29. The van der Waals surface area contributed by atoms with Gasteiger partial charge in [-0.15, -0.1) is 0 Å². The third-order valence-corrected chi connectivity index (χ3v) is 7.24. The van der Waals surface area contributed by atoms with Gasteiger partial charge in [-0.2, -0.15) is 0 Å². The minimum atomic E-state index is 0.891. The van der Waals surface area contributed by atoms with Crippen molar-refractivity contribution in [2.75, 3.05) is 9.80 Å². The Morgan fingerprint density at radius 1 is 0.375 bits per heavy atom.